The van der Waals surface area contributed by atoms with E-state index in [4.69, 9.17) is 4.42 Å². The Kier molecular flexibility index (Phi) is 2.49. The number of nitrogens with zero attached hydrogens (tertiary/aromatic N) is 4. The maximum absolute atomic E-state index is 13.2. The number of halogens is 1. The van der Waals surface area contributed by atoms with Gasteiger partial charge in [-0.05, 0) is 12.1 Å². The zero-order chi connectivity index (χ0) is 14.4. The predicted molar refractivity (Wildman–Crippen MR) is 71.1 cm³/mol. The summed E-state index contributed by atoms with van der Waals surface area (Å²) in [6.07, 6.45) is 2.00. The molecule has 0 bridgehead atoms. The van der Waals surface area contributed by atoms with Gasteiger partial charge in [0.2, 0.25) is 0 Å². The highest BCUT2D eigenvalue weighted by atomic mass is 19.1. The summed E-state index contributed by atoms with van der Waals surface area (Å²) in [4.78, 5) is 6.08. The van der Waals surface area contributed by atoms with E-state index in [2.05, 4.69) is 20.4 Å². The summed E-state index contributed by atoms with van der Waals surface area (Å²) in [6, 6.07) is 4.56. The van der Waals surface area contributed by atoms with Gasteiger partial charge in [-0.2, -0.15) is 20.4 Å². The Labute approximate surface area is 118 Å². The molecule has 0 aliphatic carbocycles. The largest absolute Gasteiger partial charge is 0.423 e. The second-order valence-electron chi connectivity index (χ2n) is 5.17. The number of β-amino-alcohol motifs (C(OH)–C–C–N with tert-alkyl or cyclic N) is 1. The third-order valence-electron chi connectivity index (χ3n) is 3.75. The van der Waals surface area contributed by atoms with E-state index < -0.39 is 5.60 Å². The zero-order valence-corrected chi connectivity index (χ0v) is 11.0. The lowest BCUT2D eigenvalue weighted by Gasteiger charge is -2.19. The Balaban J connectivity index is 1.65. The van der Waals surface area contributed by atoms with Gasteiger partial charge in [-0.1, -0.05) is 0 Å². The first-order chi connectivity index (χ1) is 10.1. The van der Waals surface area contributed by atoms with Crippen LogP contribution in [0.25, 0.3) is 11.1 Å². The molecule has 0 saturated carbocycles. The Morgan fingerprint density at radius 1 is 1.43 bits per heavy atom. The topological polar surface area (TPSA) is 91.1 Å². The number of nitrogens with one attached hydrogen (secondary N) is 1. The van der Waals surface area contributed by atoms with Crippen molar-refractivity contribution in [2.24, 2.45) is 0 Å². The molecular formula is C13H12FN5O2. The second-order valence-corrected chi connectivity index (χ2v) is 5.17. The van der Waals surface area contributed by atoms with E-state index in [1.807, 2.05) is 4.90 Å². The van der Waals surface area contributed by atoms with Crippen LogP contribution in [0.15, 0.2) is 28.8 Å². The van der Waals surface area contributed by atoms with Gasteiger partial charge in [0, 0.05) is 19.0 Å². The van der Waals surface area contributed by atoms with Crippen molar-refractivity contribution >= 4 is 17.1 Å². The lowest BCUT2D eigenvalue weighted by molar-refractivity contribution is 0.0557. The molecule has 4 rings (SSSR count). The van der Waals surface area contributed by atoms with Crippen LogP contribution in [0.3, 0.4) is 0 Å². The first-order valence-corrected chi connectivity index (χ1v) is 6.54. The number of fused-ring (bicyclic) bond motifs is 1. The van der Waals surface area contributed by atoms with E-state index >= 15 is 0 Å². The van der Waals surface area contributed by atoms with Gasteiger partial charge in [-0.25, -0.2) is 4.39 Å². The summed E-state index contributed by atoms with van der Waals surface area (Å²) in [5.41, 5.74) is 0.385. The first kappa shape index (κ1) is 12.3. The summed E-state index contributed by atoms with van der Waals surface area (Å²) in [5.74, 6) is -0.358. The molecule has 1 atom stereocenters. The quantitative estimate of drug-likeness (QED) is 0.736. The van der Waals surface area contributed by atoms with Crippen molar-refractivity contribution in [2.75, 3.05) is 18.0 Å². The van der Waals surface area contributed by atoms with E-state index in [0.29, 0.717) is 42.3 Å². The minimum absolute atomic E-state index is 0.300. The second kappa shape index (κ2) is 4.26. The third-order valence-corrected chi connectivity index (χ3v) is 3.75. The van der Waals surface area contributed by atoms with E-state index in [1.54, 1.807) is 6.07 Å². The zero-order valence-electron chi connectivity index (χ0n) is 11.0. The first-order valence-electron chi connectivity index (χ1n) is 6.54. The van der Waals surface area contributed by atoms with Crippen molar-refractivity contribution in [3.8, 4) is 0 Å². The molecule has 2 N–H and O–H groups in total. The normalized spacial score (nSPS) is 22.3. The minimum Gasteiger partial charge on any atom is -0.423 e. The number of aromatic amines is 1. The number of oxazole rings is 1. The molecule has 2 aromatic heterocycles. The van der Waals surface area contributed by atoms with Crippen LogP contribution in [-0.2, 0) is 5.60 Å². The van der Waals surface area contributed by atoms with Crippen LogP contribution >= 0.6 is 0 Å². The fraction of sp³-hybridized carbons (Fsp3) is 0.308. The lowest BCUT2D eigenvalue weighted by atomic mass is 10.0. The van der Waals surface area contributed by atoms with E-state index in [-0.39, 0.29) is 5.82 Å². The summed E-state index contributed by atoms with van der Waals surface area (Å²) >= 11 is 0. The molecule has 1 aromatic carbocycles. The molecule has 0 amide bonds. The smallest absolute Gasteiger partial charge is 0.298 e. The fourth-order valence-electron chi connectivity index (χ4n) is 2.62. The van der Waals surface area contributed by atoms with E-state index in [1.165, 1.54) is 18.3 Å². The molecular weight excluding hydrogens is 277 g/mol. The van der Waals surface area contributed by atoms with Crippen LogP contribution in [0.4, 0.5) is 10.4 Å². The predicted octanol–water partition coefficient (Wildman–Crippen LogP) is 1.18. The molecule has 1 fully saturated rings. The Morgan fingerprint density at radius 3 is 3.14 bits per heavy atom. The summed E-state index contributed by atoms with van der Waals surface area (Å²) in [5, 5.41) is 20.8. The number of H-pyrrole nitrogens is 1. The number of anilines is 1. The maximum Gasteiger partial charge on any atom is 0.298 e. The van der Waals surface area contributed by atoms with E-state index in [0.717, 1.165) is 0 Å². The minimum atomic E-state index is -1.08. The van der Waals surface area contributed by atoms with Gasteiger partial charge in [0.05, 0.1) is 12.7 Å². The third kappa shape index (κ3) is 1.95. The van der Waals surface area contributed by atoms with Crippen LogP contribution in [-0.4, -0.2) is 38.6 Å². The average molecular weight is 289 g/mol. The van der Waals surface area contributed by atoms with Crippen LogP contribution in [0.5, 0.6) is 0 Å². The standard InChI is InChI=1S/C13H12FN5O2/c14-8-1-2-10-9(5-8)16-12(21-10)19-4-3-13(20,7-19)11-6-15-18-17-11/h1-2,5-6,20H,3-4,7H2,(H,15,17,18)/t13-/m1/s1. The highest BCUT2D eigenvalue weighted by Crippen LogP contribution is 2.34. The van der Waals surface area contributed by atoms with Crippen LogP contribution in [0.2, 0.25) is 0 Å². The summed E-state index contributed by atoms with van der Waals surface area (Å²) in [6.45, 7) is 0.869. The van der Waals surface area contributed by atoms with Crippen molar-refractivity contribution < 1.29 is 13.9 Å². The number of hydrogen-bond donors (Lipinski definition) is 2. The molecule has 108 valence electrons. The van der Waals surface area contributed by atoms with Gasteiger partial charge < -0.3 is 14.4 Å². The molecule has 8 heteroatoms. The molecule has 1 aliphatic rings. The Hall–Kier alpha value is -2.48. The summed E-state index contributed by atoms with van der Waals surface area (Å²) in [7, 11) is 0. The Morgan fingerprint density at radius 2 is 2.33 bits per heavy atom. The molecule has 0 radical (unpaired) electrons. The van der Waals surface area contributed by atoms with Gasteiger partial charge >= 0.3 is 0 Å². The van der Waals surface area contributed by atoms with Crippen LogP contribution in [0.1, 0.15) is 12.1 Å². The van der Waals surface area contributed by atoms with Gasteiger partial charge in [0.1, 0.15) is 22.6 Å². The molecule has 3 heterocycles. The van der Waals surface area contributed by atoms with Crippen molar-refractivity contribution in [1.82, 2.24) is 20.4 Å². The van der Waals surface area contributed by atoms with Crippen molar-refractivity contribution in [3.63, 3.8) is 0 Å². The lowest BCUT2D eigenvalue weighted by Crippen LogP contribution is -2.31. The molecule has 0 unspecified atom stereocenters. The van der Waals surface area contributed by atoms with Gasteiger partial charge in [0.15, 0.2) is 5.58 Å². The number of benzene rings is 1. The SMILES string of the molecule is O[C@]1(c2cn[nH]n2)CCN(c2nc3cc(F)ccc3o2)C1. The van der Waals surface area contributed by atoms with Gasteiger partial charge in [0.25, 0.3) is 6.01 Å². The van der Waals surface area contributed by atoms with Crippen LogP contribution < -0.4 is 4.90 Å². The van der Waals surface area contributed by atoms with Crippen molar-refractivity contribution in [3.05, 3.63) is 35.9 Å². The monoisotopic (exact) mass is 289 g/mol. The highest BCUT2D eigenvalue weighted by Gasteiger charge is 2.41. The highest BCUT2D eigenvalue weighted by molar-refractivity contribution is 5.74. The van der Waals surface area contributed by atoms with Crippen LogP contribution in [0, 0.1) is 5.82 Å². The number of hydrogen-bond acceptors (Lipinski definition) is 6. The number of rotatable bonds is 2. The molecule has 3 aromatic rings. The number of aromatic nitrogens is 4. The molecule has 0 spiro atoms. The van der Waals surface area contributed by atoms with Crippen molar-refractivity contribution in [1.29, 1.82) is 0 Å². The van der Waals surface area contributed by atoms with Crippen molar-refractivity contribution in [2.45, 2.75) is 12.0 Å². The van der Waals surface area contributed by atoms with Gasteiger partial charge in [-0.15, -0.1) is 0 Å². The maximum atomic E-state index is 13.2. The molecule has 7 nitrogen and oxygen atoms in total. The van der Waals surface area contributed by atoms with E-state index in [9.17, 15) is 9.50 Å². The number of aliphatic hydroxyl groups is 1. The van der Waals surface area contributed by atoms with Gasteiger partial charge in [-0.3, -0.25) is 0 Å². The summed E-state index contributed by atoms with van der Waals surface area (Å²) < 4.78 is 18.8. The molecule has 21 heavy (non-hydrogen) atoms. The fourth-order valence-corrected chi connectivity index (χ4v) is 2.62. The average Bonchev–Trinajstić information content (AvgIpc) is 3.16. The molecule has 1 saturated heterocycles. The molecule has 1 aliphatic heterocycles. The Bertz CT molecular complexity index is 787.